The van der Waals surface area contributed by atoms with Gasteiger partial charge in [-0.05, 0) is 25.9 Å². The van der Waals surface area contributed by atoms with E-state index in [9.17, 15) is 0 Å². The smallest absolute Gasteiger partial charge is 0.0683 e. The zero-order valence-corrected chi connectivity index (χ0v) is 7.30. The van der Waals surface area contributed by atoms with Crippen LogP contribution in [0.5, 0.6) is 0 Å². The molecule has 68 valence electrons. The standard InChI is InChI=1S/C7H18N2O2/c1-9-5-7(6-10-2)3-4-11-8/h7,9H,3-6,8H2,1-2H3/t7-/m1/s1. The van der Waals surface area contributed by atoms with E-state index < -0.39 is 0 Å². The Hall–Kier alpha value is -0.160. The van der Waals surface area contributed by atoms with Crippen molar-refractivity contribution in [2.75, 3.05) is 33.9 Å². The fraction of sp³-hybridized carbons (Fsp3) is 1.00. The molecule has 0 fully saturated rings. The first kappa shape index (κ1) is 10.8. The van der Waals surface area contributed by atoms with Crippen molar-refractivity contribution >= 4 is 0 Å². The van der Waals surface area contributed by atoms with E-state index in [1.54, 1.807) is 7.11 Å². The van der Waals surface area contributed by atoms with Crippen LogP contribution >= 0.6 is 0 Å². The van der Waals surface area contributed by atoms with Gasteiger partial charge in [0, 0.05) is 7.11 Å². The van der Waals surface area contributed by atoms with Crippen molar-refractivity contribution in [1.82, 2.24) is 5.32 Å². The lowest BCUT2D eigenvalue weighted by Crippen LogP contribution is -2.24. The van der Waals surface area contributed by atoms with Crippen LogP contribution in [0.2, 0.25) is 0 Å². The van der Waals surface area contributed by atoms with Gasteiger partial charge >= 0.3 is 0 Å². The molecule has 0 spiro atoms. The van der Waals surface area contributed by atoms with Crippen LogP contribution in [0, 0.1) is 5.92 Å². The van der Waals surface area contributed by atoms with Crippen LogP contribution in [0.4, 0.5) is 0 Å². The Morgan fingerprint density at radius 1 is 1.55 bits per heavy atom. The summed E-state index contributed by atoms with van der Waals surface area (Å²) in [5.41, 5.74) is 0. The Morgan fingerprint density at radius 2 is 2.27 bits per heavy atom. The maximum absolute atomic E-state index is 5.02. The van der Waals surface area contributed by atoms with Gasteiger partial charge in [0.15, 0.2) is 0 Å². The summed E-state index contributed by atoms with van der Waals surface area (Å²) in [5, 5.41) is 3.09. The zero-order valence-electron chi connectivity index (χ0n) is 7.30. The highest BCUT2D eigenvalue weighted by Crippen LogP contribution is 2.01. The van der Waals surface area contributed by atoms with Crippen molar-refractivity contribution in [2.45, 2.75) is 6.42 Å². The average Bonchev–Trinajstić information content (AvgIpc) is 2.01. The van der Waals surface area contributed by atoms with Crippen LogP contribution < -0.4 is 11.2 Å². The Labute approximate surface area is 68.0 Å². The number of hydrogen-bond acceptors (Lipinski definition) is 4. The second kappa shape index (κ2) is 7.94. The molecule has 0 aromatic carbocycles. The molecular formula is C7H18N2O2. The molecule has 11 heavy (non-hydrogen) atoms. The molecule has 0 amide bonds. The summed E-state index contributed by atoms with van der Waals surface area (Å²) >= 11 is 0. The molecule has 0 saturated carbocycles. The number of nitrogens with one attached hydrogen (secondary N) is 1. The predicted molar refractivity (Wildman–Crippen MR) is 44.0 cm³/mol. The minimum absolute atomic E-state index is 0.494. The first-order chi connectivity index (χ1) is 5.35. The van der Waals surface area contributed by atoms with Crippen molar-refractivity contribution < 1.29 is 9.57 Å². The molecule has 0 heterocycles. The topological polar surface area (TPSA) is 56.5 Å². The summed E-state index contributed by atoms with van der Waals surface area (Å²) in [6, 6.07) is 0. The second-order valence-electron chi connectivity index (χ2n) is 2.54. The van der Waals surface area contributed by atoms with Crippen molar-refractivity contribution in [3.63, 3.8) is 0 Å². The van der Waals surface area contributed by atoms with E-state index in [0.29, 0.717) is 12.5 Å². The van der Waals surface area contributed by atoms with Crippen LogP contribution in [-0.2, 0) is 9.57 Å². The number of ether oxygens (including phenoxy) is 1. The summed E-state index contributed by atoms with van der Waals surface area (Å²) in [7, 11) is 3.62. The van der Waals surface area contributed by atoms with Gasteiger partial charge in [0.25, 0.3) is 0 Å². The molecule has 4 heteroatoms. The molecule has 0 aromatic rings. The van der Waals surface area contributed by atoms with Gasteiger partial charge in [0.1, 0.15) is 0 Å². The van der Waals surface area contributed by atoms with E-state index in [1.807, 2.05) is 7.05 Å². The molecule has 0 aliphatic rings. The second-order valence-corrected chi connectivity index (χ2v) is 2.54. The van der Waals surface area contributed by atoms with Crippen molar-refractivity contribution in [3.8, 4) is 0 Å². The number of nitrogens with two attached hydrogens (primary N) is 1. The lowest BCUT2D eigenvalue weighted by Gasteiger charge is -2.13. The fourth-order valence-electron chi connectivity index (χ4n) is 1.00. The highest BCUT2D eigenvalue weighted by molar-refractivity contribution is 4.59. The molecule has 0 aliphatic heterocycles. The van der Waals surface area contributed by atoms with Gasteiger partial charge in [0.05, 0.1) is 13.2 Å². The largest absolute Gasteiger partial charge is 0.384 e. The Kier molecular flexibility index (Phi) is 7.83. The first-order valence-corrected chi connectivity index (χ1v) is 3.80. The van der Waals surface area contributed by atoms with Crippen LogP contribution in [0.3, 0.4) is 0 Å². The molecule has 3 N–H and O–H groups in total. The number of hydrogen-bond donors (Lipinski definition) is 2. The average molecular weight is 162 g/mol. The van der Waals surface area contributed by atoms with Gasteiger partial charge in [-0.3, -0.25) is 0 Å². The normalized spacial score (nSPS) is 13.4. The summed E-state index contributed by atoms with van der Waals surface area (Å²) in [4.78, 5) is 4.48. The van der Waals surface area contributed by atoms with Gasteiger partial charge in [-0.1, -0.05) is 0 Å². The quantitative estimate of drug-likeness (QED) is 0.507. The van der Waals surface area contributed by atoms with E-state index in [-0.39, 0.29) is 0 Å². The van der Waals surface area contributed by atoms with Crippen molar-refractivity contribution in [2.24, 2.45) is 11.8 Å². The van der Waals surface area contributed by atoms with E-state index in [2.05, 4.69) is 10.2 Å². The Bertz CT molecular complexity index is 74.8. The highest BCUT2D eigenvalue weighted by atomic mass is 16.6. The van der Waals surface area contributed by atoms with Gasteiger partial charge in [-0.25, -0.2) is 5.90 Å². The van der Waals surface area contributed by atoms with Crippen molar-refractivity contribution in [3.05, 3.63) is 0 Å². The third kappa shape index (κ3) is 6.25. The third-order valence-corrected chi connectivity index (χ3v) is 1.54. The molecule has 4 nitrogen and oxygen atoms in total. The molecular weight excluding hydrogens is 144 g/mol. The SMILES string of the molecule is CNC[C@@H](CCON)COC. The molecule has 0 rings (SSSR count). The summed E-state index contributed by atoms with van der Waals surface area (Å²) in [5.74, 6) is 5.40. The lowest BCUT2D eigenvalue weighted by molar-refractivity contribution is 0.0938. The highest BCUT2D eigenvalue weighted by Gasteiger charge is 2.06. The van der Waals surface area contributed by atoms with Gasteiger partial charge < -0.3 is 14.9 Å². The van der Waals surface area contributed by atoms with Crippen molar-refractivity contribution in [1.29, 1.82) is 0 Å². The minimum atomic E-state index is 0.494. The van der Waals surface area contributed by atoms with E-state index in [0.717, 1.165) is 19.6 Å². The predicted octanol–water partition coefficient (Wildman–Crippen LogP) is -0.251. The lowest BCUT2D eigenvalue weighted by atomic mass is 10.1. The maximum atomic E-state index is 5.02. The van der Waals surface area contributed by atoms with Gasteiger partial charge in [-0.2, -0.15) is 0 Å². The van der Waals surface area contributed by atoms with E-state index in [4.69, 9.17) is 10.6 Å². The zero-order chi connectivity index (χ0) is 8.53. The maximum Gasteiger partial charge on any atom is 0.0683 e. The molecule has 0 radical (unpaired) electrons. The van der Waals surface area contributed by atoms with Crippen LogP contribution in [-0.4, -0.2) is 33.9 Å². The summed E-state index contributed by atoms with van der Waals surface area (Å²) in [6.45, 7) is 2.29. The molecule has 0 saturated heterocycles. The Morgan fingerprint density at radius 3 is 2.73 bits per heavy atom. The van der Waals surface area contributed by atoms with Gasteiger partial charge in [-0.15, -0.1) is 0 Å². The van der Waals surface area contributed by atoms with Crippen LogP contribution in [0.25, 0.3) is 0 Å². The molecule has 0 bridgehead atoms. The van der Waals surface area contributed by atoms with Crippen LogP contribution in [0.15, 0.2) is 0 Å². The monoisotopic (exact) mass is 162 g/mol. The minimum Gasteiger partial charge on any atom is -0.384 e. The third-order valence-electron chi connectivity index (χ3n) is 1.54. The summed E-state index contributed by atoms with van der Waals surface area (Å²) in [6.07, 6.45) is 0.936. The van der Waals surface area contributed by atoms with E-state index >= 15 is 0 Å². The Balaban J connectivity index is 3.34. The summed E-state index contributed by atoms with van der Waals surface area (Å²) < 4.78 is 5.02. The number of methoxy groups -OCH3 is 1. The fourth-order valence-corrected chi connectivity index (χ4v) is 1.00. The van der Waals surface area contributed by atoms with E-state index in [1.165, 1.54) is 0 Å². The number of rotatable bonds is 7. The van der Waals surface area contributed by atoms with Crippen LogP contribution in [0.1, 0.15) is 6.42 Å². The molecule has 0 aromatic heterocycles. The van der Waals surface area contributed by atoms with Gasteiger partial charge in [0.2, 0.25) is 0 Å². The molecule has 1 atom stereocenters. The first-order valence-electron chi connectivity index (χ1n) is 3.80. The molecule has 0 aliphatic carbocycles. The molecule has 0 unspecified atom stereocenters.